The molecule has 1 aromatic heterocycles. The molecule has 1 aromatic carbocycles. The van der Waals surface area contributed by atoms with Gasteiger partial charge in [-0.15, -0.1) is 0 Å². The van der Waals surface area contributed by atoms with Gasteiger partial charge in [0.05, 0.1) is 11.1 Å². The van der Waals surface area contributed by atoms with E-state index in [1.54, 1.807) is 29.2 Å². The van der Waals surface area contributed by atoms with Gasteiger partial charge in [-0.05, 0) is 56.9 Å². The zero-order valence-electron chi connectivity index (χ0n) is 16.0. The molecule has 1 aliphatic carbocycles. The number of benzene rings is 1. The van der Waals surface area contributed by atoms with E-state index in [0.29, 0.717) is 30.8 Å². The Hall–Kier alpha value is -2.76. The summed E-state index contributed by atoms with van der Waals surface area (Å²) in [6.07, 6.45) is 3.77. The van der Waals surface area contributed by atoms with Gasteiger partial charge in [0.25, 0.3) is 5.91 Å². The normalized spacial score (nSPS) is 24.6. The number of amides is 2. The third-order valence-corrected chi connectivity index (χ3v) is 5.96. The molecule has 2 aliphatic rings. The third kappa shape index (κ3) is 3.39. The number of aromatic nitrogens is 1. The lowest BCUT2D eigenvalue weighted by Gasteiger charge is -2.36. The van der Waals surface area contributed by atoms with E-state index in [1.165, 1.54) is 6.07 Å². The summed E-state index contributed by atoms with van der Waals surface area (Å²) in [5.41, 5.74) is 1.02. The fourth-order valence-corrected chi connectivity index (χ4v) is 4.56. The summed E-state index contributed by atoms with van der Waals surface area (Å²) in [6.45, 7) is 2.36. The number of hydrogen-bond donors (Lipinski definition) is 1. The summed E-state index contributed by atoms with van der Waals surface area (Å²) in [4.78, 5) is 31.6. The van der Waals surface area contributed by atoms with Crippen LogP contribution >= 0.6 is 0 Å². The molecule has 1 saturated carbocycles. The van der Waals surface area contributed by atoms with Crippen molar-refractivity contribution < 1.29 is 14.0 Å². The second-order valence-electron chi connectivity index (χ2n) is 7.87. The molecule has 5 nitrogen and oxygen atoms in total. The molecule has 2 heterocycles. The first-order valence-corrected chi connectivity index (χ1v) is 9.80. The monoisotopic (exact) mass is 381 g/mol. The van der Waals surface area contributed by atoms with Crippen LogP contribution in [-0.2, 0) is 4.79 Å². The largest absolute Gasteiger partial charge is 0.348 e. The van der Waals surface area contributed by atoms with Crippen molar-refractivity contribution >= 4 is 17.5 Å². The average molecular weight is 381 g/mol. The molecule has 2 unspecified atom stereocenters. The highest BCUT2D eigenvalue weighted by atomic mass is 19.1. The van der Waals surface area contributed by atoms with E-state index in [2.05, 4.69) is 10.3 Å². The van der Waals surface area contributed by atoms with Crippen molar-refractivity contribution in [2.24, 2.45) is 5.41 Å². The number of halogens is 1. The molecule has 2 aromatic rings. The lowest BCUT2D eigenvalue weighted by Crippen LogP contribution is -2.46. The highest BCUT2D eigenvalue weighted by Gasteiger charge is 2.50. The number of pyridine rings is 1. The lowest BCUT2D eigenvalue weighted by molar-refractivity contribution is -0.127. The van der Waals surface area contributed by atoms with Gasteiger partial charge in [-0.3, -0.25) is 9.59 Å². The number of anilines is 1. The zero-order chi connectivity index (χ0) is 19.7. The van der Waals surface area contributed by atoms with Gasteiger partial charge in [0.1, 0.15) is 11.5 Å². The number of carbonyl (C=O) groups excluding carboxylic acids is 2. The summed E-state index contributed by atoms with van der Waals surface area (Å²) in [7, 11) is 0. The van der Waals surface area contributed by atoms with Crippen molar-refractivity contribution in [1.29, 1.82) is 0 Å². The minimum absolute atomic E-state index is 0.0229. The first-order chi connectivity index (χ1) is 13.5. The van der Waals surface area contributed by atoms with Crippen LogP contribution in [0.25, 0.3) is 0 Å². The molecule has 2 atom stereocenters. The smallest absolute Gasteiger partial charge is 0.270 e. The van der Waals surface area contributed by atoms with E-state index in [1.807, 2.05) is 19.1 Å². The van der Waals surface area contributed by atoms with E-state index in [4.69, 9.17) is 0 Å². The molecule has 28 heavy (non-hydrogen) atoms. The Kier molecular flexibility index (Phi) is 4.87. The van der Waals surface area contributed by atoms with E-state index in [0.717, 1.165) is 25.0 Å². The Labute approximate surface area is 164 Å². The number of nitrogens with one attached hydrogen (secondary N) is 1. The van der Waals surface area contributed by atoms with Crippen LogP contribution in [0.4, 0.5) is 10.1 Å². The molecule has 4 rings (SSSR count). The van der Waals surface area contributed by atoms with Crippen LogP contribution in [-0.4, -0.2) is 29.4 Å². The van der Waals surface area contributed by atoms with Crippen LogP contribution in [0.2, 0.25) is 0 Å². The average Bonchev–Trinajstić information content (AvgIpc) is 2.98. The maximum atomic E-state index is 14.2. The molecule has 146 valence electrons. The molecule has 0 bridgehead atoms. The van der Waals surface area contributed by atoms with Crippen molar-refractivity contribution in [3.05, 3.63) is 59.7 Å². The van der Waals surface area contributed by atoms with E-state index in [9.17, 15) is 14.0 Å². The van der Waals surface area contributed by atoms with Crippen LogP contribution in [0, 0.1) is 18.2 Å². The molecular formula is C22H24FN3O2. The van der Waals surface area contributed by atoms with Crippen LogP contribution in [0.15, 0.2) is 42.5 Å². The third-order valence-electron chi connectivity index (χ3n) is 5.96. The Bertz CT molecular complexity index is 916. The Morgan fingerprint density at radius 2 is 2.04 bits per heavy atom. The Balaban J connectivity index is 1.48. The maximum absolute atomic E-state index is 14.2. The Morgan fingerprint density at radius 1 is 1.21 bits per heavy atom. The number of hydrogen-bond acceptors (Lipinski definition) is 3. The van der Waals surface area contributed by atoms with Gasteiger partial charge < -0.3 is 10.2 Å². The standard InChI is InChI=1S/C22H24FN3O2/c1-15-6-4-9-18(24-15)20(27)25-16-7-5-11-22(14-16)12-13-26(21(22)28)19-10-3-2-8-17(19)23/h2-4,6,8-10,16H,5,7,11-14H2,1H3,(H,25,27). The van der Waals surface area contributed by atoms with E-state index in [-0.39, 0.29) is 23.7 Å². The molecular weight excluding hydrogens is 357 g/mol. The number of para-hydroxylation sites is 1. The van der Waals surface area contributed by atoms with Crippen molar-refractivity contribution in [2.45, 2.75) is 45.1 Å². The number of rotatable bonds is 3. The SMILES string of the molecule is Cc1cccc(C(=O)NC2CCCC3(CCN(c4ccccc4F)C3=O)C2)n1. The van der Waals surface area contributed by atoms with Gasteiger partial charge in [0, 0.05) is 18.3 Å². The topological polar surface area (TPSA) is 62.3 Å². The second-order valence-corrected chi connectivity index (χ2v) is 7.87. The molecule has 2 amide bonds. The van der Waals surface area contributed by atoms with Crippen LogP contribution in [0.5, 0.6) is 0 Å². The van der Waals surface area contributed by atoms with Crippen molar-refractivity contribution in [1.82, 2.24) is 10.3 Å². The highest BCUT2D eigenvalue weighted by molar-refractivity contribution is 6.00. The van der Waals surface area contributed by atoms with Gasteiger partial charge in [-0.2, -0.15) is 0 Å². The quantitative estimate of drug-likeness (QED) is 0.883. The summed E-state index contributed by atoms with van der Waals surface area (Å²) in [6, 6.07) is 11.7. The van der Waals surface area contributed by atoms with E-state index >= 15 is 0 Å². The Morgan fingerprint density at radius 3 is 2.82 bits per heavy atom. The van der Waals surface area contributed by atoms with Crippen LogP contribution in [0.3, 0.4) is 0 Å². The summed E-state index contributed by atoms with van der Waals surface area (Å²) in [5.74, 6) is -0.605. The van der Waals surface area contributed by atoms with Gasteiger partial charge >= 0.3 is 0 Å². The summed E-state index contributed by atoms with van der Waals surface area (Å²) < 4.78 is 14.2. The van der Waals surface area contributed by atoms with Crippen molar-refractivity contribution in [2.75, 3.05) is 11.4 Å². The lowest BCUT2D eigenvalue weighted by atomic mass is 9.71. The maximum Gasteiger partial charge on any atom is 0.270 e. The van der Waals surface area contributed by atoms with Crippen molar-refractivity contribution in [3.8, 4) is 0 Å². The molecule has 2 fully saturated rings. The first-order valence-electron chi connectivity index (χ1n) is 9.80. The number of aryl methyl sites for hydroxylation is 1. The minimum atomic E-state index is -0.515. The van der Waals surface area contributed by atoms with Crippen LogP contribution < -0.4 is 10.2 Å². The zero-order valence-corrected chi connectivity index (χ0v) is 16.0. The summed E-state index contributed by atoms with van der Waals surface area (Å²) in [5, 5.41) is 3.05. The number of nitrogens with zero attached hydrogens (tertiary/aromatic N) is 2. The van der Waals surface area contributed by atoms with Crippen LogP contribution in [0.1, 0.15) is 48.3 Å². The molecule has 1 saturated heterocycles. The highest BCUT2D eigenvalue weighted by Crippen LogP contribution is 2.46. The second kappa shape index (κ2) is 7.34. The predicted octanol–water partition coefficient (Wildman–Crippen LogP) is 3.62. The van der Waals surface area contributed by atoms with Crippen molar-refractivity contribution in [3.63, 3.8) is 0 Å². The van der Waals surface area contributed by atoms with Gasteiger partial charge in [0.15, 0.2) is 0 Å². The molecule has 1 aliphatic heterocycles. The van der Waals surface area contributed by atoms with Gasteiger partial charge in [-0.1, -0.05) is 24.6 Å². The molecule has 1 spiro atoms. The molecule has 1 N–H and O–H groups in total. The minimum Gasteiger partial charge on any atom is -0.348 e. The molecule has 6 heteroatoms. The fourth-order valence-electron chi connectivity index (χ4n) is 4.56. The summed E-state index contributed by atoms with van der Waals surface area (Å²) >= 11 is 0. The van der Waals surface area contributed by atoms with Gasteiger partial charge in [-0.25, -0.2) is 9.37 Å². The predicted molar refractivity (Wildman–Crippen MR) is 104 cm³/mol. The van der Waals surface area contributed by atoms with E-state index < -0.39 is 5.41 Å². The molecule has 0 radical (unpaired) electrons. The first kappa shape index (κ1) is 18.6. The van der Waals surface area contributed by atoms with Gasteiger partial charge in [0.2, 0.25) is 5.91 Å². The fraction of sp³-hybridized carbons (Fsp3) is 0.409. The number of carbonyl (C=O) groups is 2.